The Morgan fingerprint density at radius 1 is 0.373 bits per heavy atom. The summed E-state index contributed by atoms with van der Waals surface area (Å²) in [4.78, 5) is 11.1. The zero-order chi connectivity index (χ0) is 39.2. The SMILES string of the molecule is CC1(C)c2ccccc2-c2cc(-c3cc(-c4cccc(-c5ccccc5)c4)nc(-n4c5ccccc5c5ccc6c7ccccc7n(-c7ccccc7)c6c54)n3)ccc21. The third-order valence-corrected chi connectivity index (χ3v) is 12.5. The van der Waals surface area contributed by atoms with Crippen LogP contribution in [0.3, 0.4) is 0 Å². The summed E-state index contributed by atoms with van der Waals surface area (Å²) < 4.78 is 4.72. The van der Waals surface area contributed by atoms with Crippen molar-refractivity contribution in [1.82, 2.24) is 19.1 Å². The highest BCUT2D eigenvalue weighted by Gasteiger charge is 2.35. The van der Waals surface area contributed by atoms with Crippen molar-refractivity contribution in [1.29, 1.82) is 0 Å². The topological polar surface area (TPSA) is 35.6 Å². The van der Waals surface area contributed by atoms with Gasteiger partial charge in [0.15, 0.2) is 0 Å². The molecule has 0 atom stereocenters. The predicted octanol–water partition coefficient (Wildman–Crippen LogP) is 14.0. The van der Waals surface area contributed by atoms with Crippen LogP contribution < -0.4 is 0 Å². The zero-order valence-corrected chi connectivity index (χ0v) is 32.8. The van der Waals surface area contributed by atoms with Crippen molar-refractivity contribution in [3.63, 3.8) is 0 Å². The first kappa shape index (κ1) is 33.6. The zero-order valence-electron chi connectivity index (χ0n) is 32.8. The molecule has 11 aromatic rings. The molecule has 3 aromatic heterocycles. The number of fused-ring (bicyclic) bond motifs is 10. The van der Waals surface area contributed by atoms with E-state index in [9.17, 15) is 0 Å². The van der Waals surface area contributed by atoms with Crippen LogP contribution in [0.25, 0.3) is 100 Å². The van der Waals surface area contributed by atoms with E-state index >= 15 is 0 Å². The summed E-state index contributed by atoms with van der Waals surface area (Å²) in [6.45, 7) is 4.66. The molecule has 1 aliphatic carbocycles. The van der Waals surface area contributed by atoms with Crippen LogP contribution in [0.1, 0.15) is 25.0 Å². The highest BCUT2D eigenvalue weighted by atomic mass is 15.2. The summed E-state index contributed by atoms with van der Waals surface area (Å²) in [5, 5.41) is 4.71. The molecule has 1 aliphatic rings. The second kappa shape index (κ2) is 12.7. The average Bonchev–Trinajstić information content (AvgIpc) is 3.90. The summed E-state index contributed by atoms with van der Waals surface area (Å²) in [7, 11) is 0. The molecule has 3 heterocycles. The van der Waals surface area contributed by atoms with Crippen LogP contribution >= 0.6 is 0 Å². The van der Waals surface area contributed by atoms with E-state index in [-0.39, 0.29) is 5.41 Å². The normalized spacial score (nSPS) is 13.1. The summed E-state index contributed by atoms with van der Waals surface area (Å²) in [5.74, 6) is 0.632. The van der Waals surface area contributed by atoms with Gasteiger partial charge in [0.2, 0.25) is 5.95 Å². The Bertz CT molecular complexity index is 3460. The number of rotatable bonds is 5. The average molecular weight is 755 g/mol. The number of benzene rings is 8. The number of aromatic nitrogens is 4. The lowest BCUT2D eigenvalue weighted by Gasteiger charge is -2.21. The van der Waals surface area contributed by atoms with Crippen LogP contribution in [0.5, 0.6) is 0 Å². The first-order chi connectivity index (χ1) is 29.0. The van der Waals surface area contributed by atoms with Gasteiger partial charge in [-0.05, 0) is 75.8 Å². The highest BCUT2D eigenvalue weighted by Crippen LogP contribution is 2.50. The van der Waals surface area contributed by atoms with Gasteiger partial charge in [0.1, 0.15) is 0 Å². The molecule has 0 saturated heterocycles. The van der Waals surface area contributed by atoms with E-state index in [2.05, 4.69) is 217 Å². The van der Waals surface area contributed by atoms with Crippen molar-refractivity contribution in [3.8, 4) is 56.4 Å². The predicted molar refractivity (Wildman–Crippen MR) is 245 cm³/mol. The van der Waals surface area contributed by atoms with Crippen LogP contribution in [0.15, 0.2) is 194 Å². The van der Waals surface area contributed by atoms with Gasteiger partial charge in [-0.1, -0.05) is 166 Å². The van der Waals surface area contributed by atoms with E-state index in [1.165, 1.54) is 38.6 Å². The Morgan fingerprint density at radius 3 is 1.64 bits per heavy atom. The van der Waals surface area contributed by atoms with Crippen LogP contribution in [0.2, 0.25) is 0 Å². The molecule has 0 bridgehead atoms. The second-order valence-electron chi connectivity index (χ2n) is 16.2. The molecule has 12 rings (SSSR count). The van der Waals surface area contributed by atoms with E-state index in [1.807, 2.05) is 0 Å². The lowest BCUT2D eigenvalue weighted by Crippen LogP contribution is -2.14. The number of para-hydroxylation sites is 3. The van der Waals surface area contributed by atoms with Gasteiger partial charge in [-0.3, -0.25) is 4.57 Å². The third-order valence-electron chi connectivity index (χ3n) is 12.5. The molecule has 278 valence electrons. The van der Waals surface area contributed by atoms with Crippen molar-refractivity contribution in [2.45, 2.75) is 19.3 Å². The molecule has 0 amide bonds. The quantitative estimate of drug-likeness (QED) is 0.175. The fraction of sp³-hybridized carbons (Fsp3) is 0.0545. The largest absolute Gasteiger partial charge is 0.307 e. The van der Waals surface area contributed by atoms with E-state index < -0.39 is 0 Å². The fourth-order valence-electron chi connectivity index (χ4n) is 9.75. The monoisotopic (exact) mass is 754 g/mol. The smallest absolute Gasteiger partial charge is 0.235 e. The van der Waals surface area contributed by atoms with Crippen molar-refractivity contribution in [2.24, 2.45) is 0 Å². The lowest BCUT2D eigenvalue weighted by atomic mass is 9.82. The van der Waals surface area contributed by atoms with Crippen LogP contribution in [0, 0.1) is 0 Å². The number of hydrogen-bond donors (Lipinski definition) is 0. The first-order valence-corrected chi connectivity index (χ1v) is 20.3. The van der Waals surface area contributed by atoms with Crippen molar-refractivity contribution in [2.75, 3.05) is 0 Å². The minimum atomic E-state index is -0.0874. The summed E-state index contributed by atoms with van der Waals surface area (Å²) in [6, 6.07) is 69.9. The van der Waals surface area contributed by atoms with E-state index in [1.54, 1.807) is 0 Å². The van der Waals surface area contributed by atoms with E-state index in [0.29, 0.717) is 5.95 Å². The maximum absolute atomic E-state index is 5.58. The van der Waals surface area contributed by atoms with Crippen molar-refractivity contribution < 1.29 is 0 Å². The summed E-state index contributed by atoms with van der Waals surface area (Å²) in [6.07, 6.45) is 0. The standard InChI is InChI=1S/C55H38N4/c1-55(2)46-25-12-9-22-40(46)45-33-38(28-31-47(45)55)49-34-48(37-19-15-18-36(32-37)35-16-5-3-6-17-35)56-54(57-49)59-51-27-14-11-24-42(51)44-30-29-43-41-23-10-13-26-50(41)58(52(43)53(44)59)39-20-7-4-8-21-39/h3-34H,1-2H3. The molecule has 0 N–H and O–H groups in total. The molecule has 0 spiro atoms. The molecule has 8 aromatic carbocycles. The molecule has 4 heteroatoms. The van der Waals surface area contributed by atoms with Gasteiger partial charge < -0.3 is 4.57 Å². The molecular weight excluding hydrogens is 717 g/mol. The van der Waals surface area contributed by atoms with Gasteiger partial charge >= 0.3 is 0 Å². The minimum Gasteiger partial charge on any atom is -0.307 e. The second-order valence-corrected chi connectivity index (χ2v) is 16.2. The van der Waals surface area contributed by atoms with Crippen LogP contribution in [0.4, 0.5) is 0 Å². The Morgan fingerprint density at radius 2 is 0.915 bits per heavy atom. The van der Waals surface area contributed by atoms with E-state index in [0.717, 1.165) is 66.6 Å². The Kier molecular flexibility index (Phi) is 7.24. The molecular formula is C55H38N4. The Hall–Kier alpha value is -7.56. The summed E-state index contributed by atoms with van der Waals surface area (Å²) in [5.41, 5.74) is 16.9. The van der Waals surface area contributed by atoms with E-state index in [4.69, 9.17) is 9.97 Å². The van der Waals surface area contributed by atoms with Crippen LogP contribution in [-0.2, 0) is 5.41 Å². The Labute approximate surface area is 342 Å². The van der Waals surface area contributed by atoms with Gasteiger partial charge in [0, 0.05) is 43.8 Å². The lowest BCUT2D eigenvalue weighted by molar-refractivity contribution is 0.660. The molecule has 59 heavy (non-hydrogen) atoms. The van der Waals surface area contributed by atoms with Gasteiger partial charge in [-0.2, -0.15) is 0 Å². The maximum Gasteiger partial charge on any atom is 0.235 e. The van der Waals surface area contributed by atoms with Gasteiger partial charge in [0.25, 0.3) is 0 Å². The third kappa shape index (κ3) is 5.03. The fourth-order valence-corrected chi connectivity index (χ4v) is 9.75. The van der Waals surface area contributed by atoms with Crippen molar-refractivity contribution >= 4 is 43.6 Å². The number of hydrogen-bond acceptors (Lipinski definition) is 2. The van der Waals surface area contributed by atoms with Gasteiger partial charge in [0.05, 0.1) is 33.5 Å². The molecule has 0 saturated carbocycles. The number of nitrogens with zero attached hydrogens (tertiary/aromatic N) is 4. The Balaban J connectivity index is 1.18. The molecule has 0 radical (unpaired) electrons. The molecule has 4 nitrogen and oxygen atoms in total. The molecule has 0 fully saturated rings. The van der Waals surface area contributed by atoms with Gasteiger partial charge in [-0.15, -0.1) is 0 Å². The summed E-state index contributed by atoms with van der Waals surface area (Å²) >= 11 is 0. The molecule has 0 unspecified atom stereocenters. The maximum atomic E-state index is 5.58. The van der Waals surface area contributed by atoms with Crippen molar-refractivity contribution in [3.05, 3.63) is 205 Å². The van der Waals surface area contributed by atoms with Gasteiger partial charge in [-0.25, -0.2) is 9.97 Å². The highest BCUT2D eigenvalue weighted by molar-refractivity contribution is 6.23. The van der Waals surface area contributed by atoms with Crippen LogP contribution in [-0.4, -0.2) is 19.1 Å². The molecule has 0 aliphatic heterocycles. The first-order valence-electron chi connectivity index (χ1n) is 20.3. The minimum absolute atomic E-state index is 0.0874.